The molecule has 0 bridgehead atoms. The van der Waals surface area contributed by atoms with Gasteiger partial charge in [0.15, 0.2) is 5.11 Å². The number of rotatable bonds is 7. The van der Waals surface area contributed by atoms with E-state index in [0.717, 1.165) is 35.6 Å². The number of hydrogen-bond acceptors (Lipinski definition) is 4. The van der Waals surface area contributed by atoms with Crippen molar-refractivity contribution in [3.63, 3.8) is 0 Å². The standard InChI is InChI=1S/C22H27ClN2O3S/c1-26-18-10-8-15(20(13-18)27-2)14-25(17-6-4-5-7-17)22(29)24-19-11-9-16(23)12-21(19)28-3/h8-13,17H,4-7,14H2,1-3H3,(H,24,29). The molecule has 1 aliphatic carbocycles. The first-order valence-electron chi connectivity index (χ1n) is 9.67. The van der Waals surface area contributed by atoms with Crippen molar-refractivity contribution in [1.29, 1.82) is 0 Å². The Morgan fingerprint density at radius 2 is 1.76 bits per heavy atom. The molecule has 0 aromatic heterocycles. The zero-order valence-corrected chi connectivity index (χ0v) is 18.6. The van der Waals surface area contributed by atoms with Gasteiger partial charge in [-0.25, -0.2) is 0 Å². The fourth-order valence-corrected chi connectivity index (χ4v) is 4.19. The van der Waals surface area contributed by atoms with Gasteiger partial charge in [-0.3, -0.25) is 0 Å². The lowest BCUT2D eigenvalue weighted by atomic mass is 10.1. The van der Waals surface area contributed by atoms with Crippen LogP contribution in [0.5, 0.6) is 17.2 Å². The van der Waals surface area contributed by atoms with Gasteiger partial charge in [0.25, 0.3) is 0 Å². The summed E-state index contributed by atoms with van der Waals surface area (Å²) in [7, 11) is 4.95. The molecule has 5 nitrogen and oxygen atoms in total. The van der Waals surface area contributed by atoms with E-state index in [-0.39, 0.29) is 0 Å². The monoisotopic (exact) mass is 434 g/mol. The average molecular weight is 435 g/mol. The third-order valence-electron chi connectivity index (χ3n) is 5.27. The zero-order chi connectivity index (χ0) is 20.8. The molecule has 1 fully saturated rings. The number of benzene rings is 2. The molecule has 2 aromatic carbocycles. The predicted molar refractivity (Wildman–Crippen MR) is 122 cm³/mol. The molecule has 0 unspecified atom stereocenters. The Bertz CT molecular complexity index is 856. The molecule has 1 saturated carbocycles. The summed E-state index contributed by atoms with van der Waals surface area (Å²) in [6.07, 6.45) is 4.68. The SMILES string of the molecule is COc1ccc(CN(C(=S)Nc2ccc(Cl)cc2OC)C2CCCC2)c(OC)c1. The van der Waals surface area contributed by atoms with Crippen molar-refractivity contribution in [3.05, 3.63) is 47.0 Å². The van der Waals surface area contributed by atoms with Crippen LogP contribution in [0.15, 0.2) is 36.4 Å². The number of ether oxygens (including phenoxy) is 3. The third kappa shape index (κ3) is 5.25. The second-order valence-electron chi connectivity index (χ2n) is 7.02. The van der Waals surface area contributed by atoms with Crippen LogP contribution in [0, 0.1) is 0 Å². The summed E-state index contributed by atoms with van der Waals surface area (Å²) < 4.78 is 16.4. The van der Waals surface area contributed by atoms with Crippen LogP contribution in [0.25, 0.3) is 0 Å². The van der Waals surface area contributed by atoms with Crippen molar-refractivity contribution in [3.8, 4) is 17.2 Å². The fraction of sp³-hybridized carbons (Fsp3) is 0.409. The van der Waals surface area contributed by atoms with Crippen LogP contribution in [0.2, 0.25) is 5.02 Å². The Morgan fingerprint density at radius 3 is 2.41 bits per heavy atom. The highest BCUT2D eigenvalue weighted by molar-refractivity contribution is 7.80. The highest BCUT2D eigenvalue weighted by atomic mass is 35.5. The van der Waals surface area contributed by atoms with Gasteiger partial charge in [0.1, 0.15) is 17.2 Å². The number of anilines is 1. The normalized spacial score (nSPS) is 13.8. The van der Waals surface area contributed by atoms with Gasteiger partial charge in [-0.2, -0.15) is 0 Å². The maximum atomic E-state index is 6.09. The molecule has 7 heteroatoms. The van der Waals surface area contributed by atoms with E-state index in [2.05, 4.69) is 10.2 Å². The molecule has 0 saturated heterocycles. The van der Waals surface area contributed by atoms with Crippen molar-refractivity contribution < 1.29 is 14.2 Å². The van der Waals surface area contributed by atoms with Crippen molar-refractivity contribution in [1.82, 2.24) is 4.90 Å². The van der Waals surface area contributed by atoms with E-state index in [4.69, 9.17) is 38.0 Å². The lowest BCUT2D eigenvalue weighted by Crippen LogP contribution is -2.41. The van der Waals surface area contributed by atoms with Crippen LogP contribution in [-0.4, -0.2) is 37.4 Å². The van der Waals surface area contributed by atoms with Crippen LogP contribution in [0.4, 0.5) is 5.69 Å². The molecule has 29 heavy (non-hydrogen) atoms. The first-order valence-corrected chi connectivity index (χ1v) is 10.5. The molecule has 3 rings (SSSR count). The summed E-state index contributed by atoms with van der Waals surface area (Å²) in [5.41, 5.74) is 1.86. The van der Waals surface area contributed by atoms with Gasteiger partial charge in [-0.05, 0) is 49.3 Å². The smallest absolute Gasteiger partial charge is 0.174 e. The first-order chi connectivity index (χ1) is 14.0. The highest BCUT2D eigenvalue weighted by Gasteiger charge is 2.26. The van der Waals surface area contributed by atoms with Crippen LogP contribution >= 0.6 is 23.8 Å². The quantitative estimate of drug-likeness (QED) is 0.580. The molecule has 0 atom stereocenters. The first kappa shape index (κ1) is 21.5. The summed E-state index contributed by atoms with van der Waals surface area (Å²) in [6, 6.07) is 11.8. The van der Waals surface area contributed by atoms with Gasteiger partial charge in [0.2, 0.25) is 0 Å². The zero-order valence-electron chi connectivity index (χ0n) is 17.0. The lowest BCUT2D eigenvalue weighted by Gasteiger charge is -2.32. The van der Waals surface area contributed by atoms with Crippen LogP contribution in [0.1, 0.15) is 31.2 Å². The van der Waals surface area contributed by atoms with E-state index in [1.165, 1.54) is 12.8 Å². The Kier molecular flexibility index (Phi) is 7.45. The number of nitrogens with one attached hydrogen (secondary N) is 1. The minimum Gasteiger partial charge on any atom is -0.497 e. The summed E-state index contributed by atoms with van der Waals surface area (Å²) >= 11 is 11.9. The minimum absolute atomic E-state index is 0.389. The van der Waals surface area contributed by atoms with E-state index < -0.39 is 0 Å². The highest BCUT2D eigenvalue weighted by Crippen LogP contribution is 2.32. The topological polar surface area (TPSA) is 43.0 Å². The summed E-state index contributed by atoms with van der Waals surface area (Å²) in [5.74, 6) is 2.22. The van der Waals surface area contributed by atoms with Gasteiger partial charge in [-0.1, -0.05) is 24.4 Å². The largest absolute Gasteiger partial charge is 0.497 e. The van der Waals surface area contributed by atoms with Gasteiger partial charge < -0.3 is 24.4 Å². The third-order valence-corrected chi connectivity index (χ3v) is 5.84. The molecule has 0 amide bonds. The summed E-state index contributed by atoms with van der Waals surface area (Å²) in [6.45, 7) is 0.652. The molecule has 1 N–H and O–H groups in total. The van der Waals surface area contributed by atoms with E-state index in [0.29, 0.717) is 28.5 Å². The van der Waals surface area contributed by atoms with Crippen molar-refractivity contribution in [2.24, 2.45) is 0 Å². The van der Waals surface area contributed by atoms with Crippen molar-refractivity contribution >= 4 is 34.6 Å². The van der Waals surface area contributed by atoms with Gasteiger partial charge >= 0.3 is 0 Å². The van der Waals surface area contributed by atoms with E-state index in [1.54, 1.807) is 27.4 Å². The predicted octanol–water partition coefficient (Wildman–Crippen LogP) is 5.51. The minimum atomic E-state index is 0.389. The molecular weight excluding hydrogens is 408 g/mol. The summed E-state index contributed by atoms with van der Waals surface area (Å²) in [5, 5.41) is 4.64. The molecule has 156 valence electrons. The molecule has 0 heterocycles. The lowest BCUT2D eigenvalue weighted by molar-refractivity contribution is 0.304. The maximum absolute atomic E-state index is 6.09. The Balaban J connectivity index is 1.85. The maximum Gasteiger partial charge on any atom is 0.174 e. The molecule has 2 aromatic rings. The van der Waals surface area contributed by atoms with Gasteiger partial charge in [-0.15, -0.1) is 0 Å². The molecule has 1 aliphatic rings. The Hall–Kier alpha value is -2.18. The number of nitrogens with zero attached hydrogens (tertiary/aromatic N) is 1. The molecule has 0 spiro atoms. The number of thiocarbonyl (C=S) groups is 1. The van der Waals surface area contributed by atoms with Crippen LogP contribution in [0.3, 0.4) is 0 Å². The second-order valence-corrected chi connectivity index (χ2v) is 7.84. The number of hydrogen-bond donors (Lipinski definition) is 1. The van der Waals surface area contributed by atoms with E-state index >= 15 is 0 Å². The number of halogens is 1. The fourth-order valence-electron chi connectivity index (χ4n) is 3.70. The second kappa shape index (κ2) is 10.0. The summed E-state index contributed by atoms with van der Waals surface area (Å²) in [4.78, 5) is 2.25. The molecule has 0 radical (unpaired) electrons. The molecular formula is C22H27ClN2O3S. The van der Waals surface area contributed by atoms with Crippen molar-refractivity contribution in [2.45, 2.75) is 38.3 Å². The van der Waals surface area contributed by atoms with Crippen molar-refractivity contribution in [2.75, 3.05) is 26.6 Å². The number of methoxy groups -OCH3 is 3. The Labute approximate surface area is 182 Å². The van der Waals surface area contributed by atoms with Gasteiger partial charge in [0.05, 0.1) is 27.0 Å². The average Bonchev–Trinajstić information content (AvgIpc) is 3.27. The van der Waals surface area contributed by atoms with Crippen LogP contribution in [-0.2, 0) is 6.54 Å². The Morgan fingerprint density at radius 1 is 1.03 bits per heavy atom. The van der Waals surface area contributed by atoms with Gasteiger partial charge in [0, 0.05) is 35.3 Å². The van der Waals surface area contributed by atoms with E-state index in [9.17, 15) is 0 Å². The van der Waals surface area contributed by atoms with E-state index in [1.807, 2.05) is 30.3 Å². The molecule has 0 aliphatic heterocycles. The van der Waals surface area contributed by atoms with Crippen LogP contribution < -0.4 is 19.5 Å².